The molecular weight excluding hydrogens is 957 g/mol. The van der Waals surface area contributed by atoms with Crippen LogP contribution in [0.2, 0.25) is 0 Å². The van der Waals surface area contributed by atoms with Crippen LogP contribution in [0.25, 0.3) is 0 Å². The first kappa shape index (κ1) is 43.4. The van der Waals surface area contributed by atoms with Gasteiger partial charge in [0.15, 0.2) is 10.3 Å². The number of halogens is 2. The van der Waals surface area contributed by atoms with Gasteiger partial charge >= 0.3 is 0 Å². The number of piperazine rings is 2. The molecule has 0 aliphatic carbocycles. The summed E-state index contributed by atoms with van der Waals surface area (Å²) in [7, 11) is -5.26. The molecule has 8 rings (SSSR count). The van der Waals surface area contributed by atoms with E-state index in [4.69, 9.17) is 14.7 Å². The molecule has 6 aromatic rings. The minimum Gasteiger partial charge on any atom is -0.497 e. The highest BCUT2D eigenvalue weighted by Gasteiger charge is 2.31. The van der Waals surface area contributed by atoms with Crippen molar-refractivity contribution < 1.29 is 21.6 Å². The first-order chi connectivity index (χ1) is 28.4. The van der Waals surface area contributed by atoms with Gasteiger partial charge in [0.2, 0.25) is 20.0 Å². The molecule has 59 heavy (non-hydrogen) atoms. The van der Waals surface area contributed by atoms with Gasteiger partial charge in [0.05, 0.1) is 28.3 Å². The van der Waals surface area contributed by atoms with Crippen LogP contribution < -0.4 is 14.5 Å². The lowest BCUT2D eigenvalue weighted by molar-refractivity contribution is 0.384. The van der Waals surface area contributed by atoms with Crippen LogP contribution in [0.5, 0.6) is 5.75 Å². The standard InChI is InChI=1S/C21H22BrN3O3S2.C21H22BrN3O2S2/c1-28-19-4-2-3-16(14-19)13-18-15-29-21(23-18)24-9-11-25(12-10-24)30(26,27)20-7-5-17(22)6-8-20;1-16-3-2-4-17(13-16)14-19-15-28-21(23-19)24-9-11-25(12-10-24)29(26,27)20-7-5-18(22)6-8-20/h2-8,14-15H,9-13H2,1H3;2-8,13,15H,9-12,14H2,1H3. The van der Waals surface area contributed by atoms with E-state index in [1.807, 2.05) is 18.2 Å². The predicted octanol–water partition coefficient (Wildman–Crippen LogP) is 8.33. The second kappa shape index (κ2) is 19.4. The number of ether oxygens (including phenoxy) is 1. The van der Waals surface area contributed by atoms with Crippen molar-refractivity contribution in [1.82, 2.24) is 18.6 Å². The molecule has 2 fully saturated rings. The Bertz CT molecular complexity index is 2550. The number of nitrogens with zero attached hydrogens (tertiary/aromatic N) is 6. The van der Waals surface area contributed by atoms with Gasteiger partial charge in [0, 0.05) is 84.9 Å². The number of sulfonamides is 2. The van der Waals surface area contributed by atoms with E-state index in [2.05, 4.69) is 89.7 Å². The summed E-state index contributed by atoms with van der Waals surface area (Å²) in [4.78, 5) is 14.6. The first-order valence-corrected chi connectivity index (χ1v) is 25.2. The van der Waals surface area contributed by atoms with E-state index in [0.717, 1.165) is 54.8 Å². The molecule has 310 valence electrons. The number of hydrogen-bond acceptors (Lipinski definition) is 11. The van der Waals surface area contributed by atoms with Gasteiger partial charge in [-0.2, -0.15) is 8.61 Å². The summed E-state index contributed by atoms with van der Waals surface area (Å²) in [6.45, 7) is 6.46. The summed E-state index contributed by atoms with van der Waals surface area (Å²) in [6, 6.07) is 30.0. The van der Waals surface area contributed by atoms with Gasteiger partial charge in [-0.05, 0) is 78.7 Å². The van der Waals surface area contributed by atoms with Crippen molar-refractivity contribution in [2.24, 2.45) is 0 Å². The zero-order valence-electron chi connectivity index (χ0n) is 32.6. The van der Waals surface area contributed by atoms with Crippen LogP contribution >= 0.6 is 54.5 Å². The normalized spacial score (nSPS) is 15.5. The molecule has 2 aliphatic rings. The van der Waals surface area contributed by atoms with E-state index < -0.39 is 20.0 Å². The van der Waals surface area contributed by atoms with E-state index in [9.17, 15) is 16.8 Å². The molecular formula is C42H44Br2N6O5S4. The van der Waals surface area contributed by atoms with E-state index in [1.165, 1.54) is 11.1 Å². The fraction of sp³-hybridized carbons (Fsp3) is 0.286. The Balaban J connectivity index is 0.000000179. The lowest BCUT2D eigenvalue weighted by Gasteiger charge is -2.33. The van der Waals surface area contributed by atoms with Crippen LogP contribution in [0.4, 0.5) is 10.3 Å². The Morgan fingerprint density at radius 2 is 1.02 bits per heavy atom. The van der Waals surface area contributed by atoms with E-state index in [-0.39, 0.29) is 0 Å². The molecule has 0 N–H and O–H groups in total. The lowest BCUT2D eigenvalue weighted by Crippen LogP contribution is -2.48. The maximum absolute atomic E-state index is 12.9. The second-order valence-corrected chi connectivity index (χ2v) is 21.5. The van der Waals surface area contributed by atoms with Gasteiger partial charge in [0.25, 0.3) is 0 Å². The van der Waals surface area contributed by atoms with Crippen molar-refractivity contribution in [1.29, 1.82) is 0 Å². The zero-order chi connectivity index (χ0) is 41.6. The number of anilines is 2. The highest BCUT2D eigenvalue weighted by atomic mass is 79.9. The molecule has 4 aromatic carbocycles. The van der Waals surface area contributed by atoms with Gasteiger partial charge in [0.1, 0.15) is 5.75 Å². The first-order valence-electron chi connectivity index (χ1n) is 19.0. The Labute approximate surface area is 371 Å². The molecule has 17 heteroatoms. The maximum Gasteiger partial charge on any atom is 0.243 e. The minimum absolute atomic E-state index is 0.328. The van der Waals surface area contributed by atoms with Crippen molar-refractivity contribution in [2.75, 3.05) is 69.3 Å². The maximum atomic E-state index is 12.9. The second-order valence-electron chi connectivity index (χ2n) is 14.1. The number of thiazole rings is 2. The number of aromatic nitrogens is 2. The Kier molecular flexibility index (Phi) is 14.2. The third kappa shape index (κ3) is 11.0. The van der Waals surface area contributed by atoms with Crippen LogP contribution in [-0.2, 0) is 32.9 Å². The molecule has 2 saturated heterocycles. The van der Waals surface area contributed by atoms with Crippen LogP contribution in [0.3, 0.4) is 0 Å². The zero-order valence-corrected chi connectivity index (χ0v) is 39.0. The average Bonchev–Trinajstić information content (AvgIpc) is 3.92. The van der Waals surface area contributed by atoms with E-state index in [1.54, 1.807) is 86.9 Å². The summed E-state index contributed by atoms with van der Waals surface area (Å²) in [5, 5.41) is 6.07. The van der Waals surface area contributed by atoms with Crippen LogP contribution in [0.15, 0.2) is 127 Å². The van der Waals surface area contributed by atoms with Gasteiger partial charge < -0.3 is 14.5 Å². The fourth-order valence-corrected chi connectivity index (χ4v) is 12.0. The quantitative estimate of drug-likeness (QED) is 0.126. The molecule has 2 aliphatic heterocycles. The highest BCUT2D eigenvalue weighted by Crippen LogP contribution is 2.28. The molecule has 0 saturated carbocycles. The van der Waals surface area contributed by atoms with Gasteiger partial charge in [-0.3, -0.25) is 0 Å². The van der Waals surface area contributed by atoms with Crippen molar-refractivity contribution in [3.63, 3.8) is 0 Å². The van der Waals surface area contributed by atoms with Gasteiger partial charge in [-0.1, -0.05) is 73.8 Å². The van der Waals surface area contributed by atoms with Crippen LogP contribution in [0, 0.1) is 6.92 Å². The minimum atomic E-state index is -3.47. The van der Waals surface area contributed by atoms with Crippen molar-refractivity contribution in [2.45, 2.75) is 29.6 Å². The highest BCUT2D eigenvalue weighted by molar-refractivity contribution is 9.10. The van der Waals surface area contributed by atoms with Crippen molar-refractivity contribution in [3.8, 4) is 5.75 Å². The van der Waals surface area contributed by atoms with E-state index in [0.29, 0.717) is 62.1 Å². The number of aryl methyl sites for hydroxylation is 1. The van der Waals surface area contributed by atoms with Gasteiger partial charge in [-0.15, -0.1) is 22.7 Å². The summed E-state index contributed by atoms with van der Waals surface area (Å²) < 4.78 is 61.6. The molecule has 4 heterocycles. The van der Waals surface area contributed by atoms with Crippen molar-refractivity contribution in [3.05, 3.63) is 145 Å². The molecule has 0 radical (unpaired) electrons. The summed E-state index contributed by atoms with van der Waals surface area (Å²) >= 11 is 9.92. The number of benzene rings is 4. The summed E-state index contributed by atoms with van der Waals surface area (Å²) in [5.41, 5.74) is 5.72. The third-order valence-electron chi connectivity index (χ3n) is 9.99. The molecule has 0 bridgehead atoms. The monoisotopic (exact) mass is 998 g/mol. The fourth-order valence-electron chi connectivity index (χ4n) is 6.82. The third-order valence-corrected chi connectivity index (χ3v) is 16.8. The summed E-state index contributed by atoms with van der Waals surface area (Å²) in [6.07, 6.45) is 1.56. The smallest absolute Gasteiger partial charge is 0.243 e. The molecule has 2 aromatic heterocycles. The summed E-state index contributed by atoms with van der Waals surface area (Å²) in [5.74, 6) is 0.839. The van der Waals surface area contributed by atoms with E-state index >= 15 is 0 Å². The predicted molar refractivity (Wildman–Crippen MR) is 244 cm³/mol. The topological polar surface area (TPSA) is 116 Å². The molecule has 11 nitrogen and oxygen atoms in total. The Morgan fingerprint density at radius 1 is 0.593 bits per heavy atom. The number of hydrogen-bond donors (Lipinski definition) is 0. The lowest BCUT2D eigenvalue weighted by atomic mass is 10.1. The average molecular weight is 1000 g/mol. The number of rotatable bonds is 11. The molecule has 0 spiro atoms. The molecule has 0 amide bonds. The van der Waals surface area contributed by atoms with Crippen LogP contribution in [0.1, 0.15) is 28.1 Å². The Morgan fingerprint density at radius 3 is 1.44 bits per heavy atom. The van der Waals surface area contributed by atoms with Crippen molar-refractivity contribution >= 4 is 84.8 Å². The Hall–Kier alpha value is -3.68. The largest absolute Gasteiger partial charge is 0.497 e. The molecule has 0 unspecified atom stereocenters. The molecule has 0 atom stereocenters. The SMILES string of the molecule is COc1cccc(Cc2csc(N3CCN(S(=O)(=O)c4ccc(Br)cc4)CC3)n2)c1.Cc1cccc(Cc2csc(N3CCN(S(=O)(=O)c4ccc(Br)cc4)CC3)n2)c1. The van der Waals surface area contributed by atoms with Gasteiger partial charge in [-0.25, -0.2) is 26.8 Å². The number of methoxy groups -OCH3 is 1. The van der Waals surface area contributed by atoms with Crippen LogP contribution in [-0.4, -0.2) is 94.9 Å².